The first-order chi connectivity index (χ1) is 15.3. The molecule has 1 N–H and O–H groups in total. The lowest BCUT2D eigenvalue weighted by Gasteiger charge is -2.15. The Morgan fingerprint density at radius 2 is 1.03 bits per heavy atom. The highest BCUT2D eigenvalue weighted by Gasteiger charge is 2.06. The largest absolute Gasteiger partial charge is 0.355 e. The van der Waals surface area contributed by atoms with E-state index in [0.717, 1.165) is 0 Å². The van der Waals surface area contributed by atoms with Crippen LogP contribution in [0.1, 0.15) is 115 Å². The van der Waals surface area contributed by atoms with Crippen molar-refractivity contribution in [3.8, 4) is 0 Å². The summed E-state index contributed by atoms with van der Waals surface area (Å²) in [4.78, 5) is 0. The van der Waals surface area contributed by atoms with Gasteiger partial charge in [0.15, 0.2) is 0 Å². The van der Waals surface area contributed by atoms with Crippen molar-refractivity contribution in [1.29, 1.82) is 0 Å². The molecule has 2 rings (SSSR count). The second-order valence-electron chi connectivity index (χ2n) is 9.25. The summed E-state index contributed by atoms with van der Waals surface area (Å²) < 4.78 is 0. The molecule has 0 atom stereocenters. The fourth-order valence-electron chi connectivity index (χ4n) is 4.28. The molecule has 0 spiro atoms. The second-order valence-corrected chi connectivity index (χ2v) is 9.25. The normalized spacial score (nSPS) is 11.1. The molecule has 0 aromatic heterocycles. The van der Waals surface area contributed by atoms with Gasteiger partial charge in [0.05, 0.1) is 0 Å². The lowest BCUT2D eigenvalue weighted by atomic mass is 9.99. The molecule has 0 heterocycles. The Morgan fingerprint density at radius 1 is 0.516 bits per heavy atom. The molecular weight excluding hydrogens is 374 g/mol. The molecule has 0 unspecified atom stereocenters. The van der Waals surface area contributed by atoms with Gasteiger partial charge < -0.3 is 5.32 Å². The van der Waals surface area contributed by atoms with E-state index in [1.165, 1.54) is 124 Å². The number of benzene rings is 2. The number of nitrogens with one attached hydrogen (secondary N) is 1. The van der Waals surface area contributed by atoms with Gasteiger partial charge in [-0.15, -0.1) is 0 Å². The molecule has 1 heteroatoms. The van der Waals surface area contributed by atoms with Crippen molar-refractivity contribution < 1.29 is 0 Å². The second kappa shape index (κ2) is 16.0. The Kier molecular flexibility index (Phi) is 13.1. The van der Waals surface area contributed by atoms with Crippen molar-refractivity contribution in [2.75, 3.05) is 5.32 Å². The number of unbranched alkanes of at least 4 members (excludes halogenated alkanes) is 9. The van der Waals surface area contributed by atoms with Crippen molar-refractivity contribution in [3.63, 3.8) is 0 Å². The van der Waals surface area contributed by atoms with E-state index in [-0.39, 0.29) is 0 Å². The third-order valence-electron chi connectivity index (χ3n) is 6.34. The topological polar surface area (TPSA) is 12.0 Å². The van der Waals surface area contributed by atoms with Gasteiger partial charge in [0.2, 0.25) is 0 Å². The van der Waals surface area contributed by atoms with Crippen molar-refractivity contribution in [1.82, 2.24) is 0 Å². The summed E-state index contributed by atoms with van der Waals surface area (Å²) in [5, 5.41) is 3.76. The molecule has 172 valence electrons. The summed E-state index contributed by atoms with van der Waals surface area (Å²) in [6.45, 7) is 6.85. The maximum absolute atomic E-state index is 3.76. The van der Waals surface area contributed by atoms with Gasteiger partial charge in [0.1, 0.15) is 0 Å². The summed E-state index contributed by atoms with van der Waals surface area (Å²) in [6, 6.07) is 16.3. The zero-order valence-electron chi connectivity index (χ0n) is 20.6. The average molecular weight is 422 g/mol. The lowest BCUT2D eigenvalue weighted by molar-refractivity contribution is 0.664. The van der Waals surface area contributed by atoms with Crippen LogP contribution in [-0.4, -0.2) is 0 Å². The molecule has 0 amide bonds. The van der Waals surface area contributed by atoms with Gasteiger partial charge in [0, 0.05) is 11.4 Å². The smallest absolute Gasteiger partial charge is 0.0419 e. The standard InChI is InChI=1S/C30H47N/c1-4-7-10-13-16-26-20-23-29(24-21-26)31-30-25-27(17-14-11-8-5-2)19-22-28(30)18-15-12-9-6-3/h19-25,31H,4-18H2,1-3H3. The van der Waals surface area contributed by atoms with Gasteiger partial charge in [-0.05, 0) is 73.4 Å². The first-order valence-electron chi connectivity index (χ1n) is 13.2. The Labute approximate surface area is 193 Å². The van der Waals surface area contributed by atoms with E-state index in [1.807, 2.05) is 0 Å². The van der Waals surface area contributed by atoms with E-state index in [9.17, 15) is 0 Å². The van der Waals surface area contributed by atoms with Crippen molar-refractivity contribution in [2.24, 2.45) is 0 Å². The Hall–Kier alpha value is -1.76. The molecule has 0 bridgehead atoms. The predicted molar refractivity (Wildman–Crippen MR) is 140 cm³/mol. The predicted octanol–water partition coefficient (Wildman–Crippen LogP) is 9.80. The summed E-state index contributed by atoms with van der Waals surface area (Å²) in [6.07, 6.45) is 19.5. The highest BCUT2D eigenvalue weighted by atomic mass is 14.9. The van der Waals surface area contributed by atoms with Crippen molar-refractivity contribution in [3.05, 3.63) is 59.2 Å². The molecule has 31 heavy (non-hydrogen) atoms. The van der Waals surface area contributed by atoms with Gasteiger partial charge in [-0.2, -0.15) is 0 Å². The first kappa shape index (κ1) is 25.5. The van der Waals surface area contributed by atoms with Gasteiger partial charge >= 0.3 is 0 Å². The summed E-state index contributed by atoms with van der Waals surface area (Å²) in [5.74, 6) is 0. The number of anilines is 2. The van der Waals surface area contributed by atoms with Crippen molar-refractivity contribution in [2.45, 2.75) is 117 Å². The van der Waals surface area contributed by atoms with Crippen LogP contribution in [0.4, 0.5) is 11.4 Å². The average Bonchev–Trinajstić information content (AvgIpc) is 2.79. The van der Waals surface area contributed by atoms with E-state index in [2.05, 4.69) is 68.6 Å². The molecule has 0 aliphatic rings. The molecule has 0 saturated heterocycles. The zero-order valence-corrected chi connectivity index (χ0v) is 20.6. The lowest BCUT2D eigenvalue weighted by Crippen LogP contribution is -1.99. The molecule has 2 aromatic carbocycles. The highest BCUT2D eigenvalue weighted by Crippen LogP contribution is 2.26. The Bertz CT molecular complexity index is 701. The van der Waals surface area contributed by atoms with E-state index in [0.29, 0.717) is 0 Å². The maximum Gasteiger partial charge on any atom is 0.0419 e. The first-order valence-corrected chi connectivity index (χ1v) is 13.2. The van der Waals surface area contributed by atoms with Gasteiger partial charge in [0.25, 0.3) is 0 Å². The van der Waals surface area contributed by atoms with Crippen LogP contribution < -0.4 is 5.32 Å². The fraction of sp³-hybridized carbons (Fsp3) is 0.600. The molecule has 0 aliphatic heterocycles. The maximum atomic E-state index is 3.76. The third-order valence-corrected chi connectivity index (χ3v) is 6.34. The number of hydrogen-bond acceptors (Lipinski definition) is 1. The van der Waals surface area contributed by atoms with Crippen LogP contribution in [0.15, 0.2) is 42.5 Å². The fourth-order valence-corrected chi connectivity index (χ4v) is 4.28. The van der Waals surface area contributed by atoms with E-state index < -0.39 is 0 Å². The molecule has 0 fully saturated rings. The number of hydrogen-bond donors (Lipinski definition) is 1. The van der Waals surface area contributed by atoms with Gasteiger partial charge in [-0.25, -0.2) is 0 Å². The summed E-state index contributed by atoms with van der Waals surface area (Å²) in [7, 11) is 0. The minimum Gasteiger partial charge on any atom is -0.355 e. The summed E-state index contributed by atoms with van der Waals surface area (Å²) >= 11 is 0. The molecule has 0 saturated carbocycles. The van der Waals surface area contributed by atoms with Crippen molar-refractivity contribution >= 4 is 11.4 Å². The Morgan fingerprint density at radius 3 is 1.61 bits per heavy atom. The SMILES string of the molecule is CCCCCCc1ccc(Nc2cc(CCCCCC)ccc2CCCCCC)cc1. The molecular formula is C30H47N. The van der Waals surface area contributed by atoms with Crippen LogP contribution in [0.2, 0.25) is 0 Å². The molecule has 2 aromatic rings. The Balaban J connectivity index is 2.01. The van der Waals surface area contributed by atoms with E-state index >= 15 is 0 Å². The van der Waals surface area contributed by atoms with Crippen LogP contribution in [0, 0.1) is 0 Å². The van der Waals surface area contributed by atoms with Gasteiger partial charge in [-0.3, -0.25) is 0 Å². The van der Waals surface area contributed by atoms with Crippen LogP contribution in [0.25, 0.3) is 0 Å². The molecule has 0 radical (unpaired) electrons. The highest BCUT2D eigenvalue weighted by molar-refractivity contribution is 5.64. The number of rotatable bonds is 17. The molecule has 1 nitrogen and oxygen atoms in total. The van der Waals surface area contributed by atoms with Crippen LogP contribution in [0.5, 0.6) is 0 Å². The minimum absolute atomic E-state index is 1.17. The van der Waals surface area contributed by atoms with Crippen LogP contribution in [-0.2, 0) is 19.3 Å². The number of aryl methyl sites for hydroxylation is 3. The van der Waals surface area contributed by atoms with E-state index in [1.54, 1.807) is 0 Å². The quantitative estimate of drug-likeness (QED) is 0.251. The van der Waals surface area contributed by atoms with E-state index in [4.69, 9.17) is 0 Å². The van der Waals surface area contributed by atoms with Crippen LogP contribution >= 0.6 is 0 Å². The van der Waals surface area contributed by atoms with Crippen LogP contribution in [0.3, 0.4) is 0 Å². The third kappa shape index (κ3) is 10.4. The monoisotopic (exact) mass is 421 g/mol. The summed E-state index contributed by atoms with van der Waals surface area (Å²) in [5.41, 5.74) is 6.95. The molecule has 0 aliphatic carbocycles. The minimum atomic E-state index is 1.17. The van der Waals surface area contributed by atoms with Gasteiger partial charge in [-0.1, -0.05) is 103 Å². The zero-order chi connectivity index (χ0) is 22.2.